The highest BCUT2D eigenvalue weighted by molar-refractivity contribution is 5.92. The molecule has 0 saturated carbocycles. The fourth-order valence-corrected chi connectivity index (χ4v) is 2.94. The Morgan fingerprint density at radius 3 is 2.57 bits per heavy atom. The molecule has 0 bridgehead atoms. The van der Waals surface area contributed by atoms with Crippen molar-refractivity contribution in [1.82, 2.24) is 25.6 Å². The molecule has 2 aromatic rings. The van der Waals surface area contributed by atoms with Crippen LogP contribution < -0.4 is 10.6 Å². The normalized spacial score (nSPS) is 18.3. The molecule has 0 spiro atoms. The first kappa shape index (κ1) is 12.5. The van der Waals surface area contributed by atoms with Crippen LogP contribution in [0.4, 0.5) is 0 Å². The average Bonchev–Trinajstić information content (AvgIpc) is 3.02. The van der Waals surface area contributed by atoms with Crippen LogP contribution in [-0.2, 0) is 12.8 Å². The zero-order valence-corrected chi connectivity index (χ0v) is 11.6. The van der Waals surface area contributed by atoms with Crippen LogP contribution in [0, 0.1) is 0 Å². The van der Waals surface area contributed by atoms with Crippen LogP contribution in [-0.4, -0.2) is 40.0 Å². The van der Waals surface area contributed by atoms with Gasteiger partial charge >= 0.3 is 0 Å². The Kier molecular flexibility index (Phi) is 2.96. The van der Waals surface area contributed by atoms with Gasteiger partial charge in [0.1, 0.15) is 0 Å². The van der Waals surface area contributed by atoms with Crippen LogP contribution in [0.25, 0.3) is 0 Å². The fraction of sp³-hybridized carbons (Fsp3) is 0.400. The second-order valence-electron chi connectivity index (χ2n) is 5.74. The van der Waals surface area contributed by atoms with Gasteiger partial charge in [-0.05, 0) is 24.0 Å². The standard InChI is InChI=1S/C15H17N5O/c21-15(14-9-20(19-18-14)13-7-16-8-13)17-12-5-10-3-1-2-4-11(10)6-12/h1-4,9,12-13,16H,5-8H2,(H,17,21). The Bertz CT molecular complexity index is 651. The molecule has 6 heteroatoms. The SMILES string of the molecule is O=C(NC1Cc2ccccc2C1)c1cn(C2CNC2)nn1. The molecule has 2 aliphatic rings. The first-order valence-electron chi connectivity index (χ1n) is 7.30. The topological polar surface area (TPSA) is 71.8 Å². The van der Waals surface area contributed by atoms with Crippen molar-refractivity contribution < 1.29 is 4.79 Å². The highest BCUT2D eigenvalue weighted by Crippen LogP contribution is 2.21. The molecule has 108 valence electrons. The van der Waals surface area contributed by atoms with Crippen molar-refractivity contribution in [3.63, 3.8) is 0 Å². The van der Waals surface area contributed by atoms with E-state index in [9.17, 15) is 4.79 Å². The minimum Gasteiger partial charge on any atom is -0.347 e. The smallest absolute Gasteiger partial charge is 0.273 e. The lowest BCUT2D eigenvalue weighted by atomic mass is 10.1. The van der Waals surface area contributed by atoms with E-state index in [2.05, 4.69) is 33.1 Å². The Balaban J connectivity index is 1.41. The summed E-state index contributed by atoms with van der Waals surface area (Å²) >= 11 is 0. The van der Waals surface area contributed by atoms with E-state index in [1.165, 1.54) is 11.1 Å². The third-order valence-electron chi connectivity index (χ3n) is 4.26. The maximum absolute atomic E-state index is 12.3. The van der Waals surface area contributed by atoms with Crippen LogP contribution in [0.2, 0.25) is 0 Å². The van der Waals surface area contributed by atoms with Crippen molar-refractivity contribution in [3.05, 3.63) is 47.3 Å². The number of hydrogen-bond acceptors (Lipinski definition) is 4. The minimum atomic E-state index is -0.133. The first-order chi connectivity index (χ1) is 10.3. The van der Waals surface area contributed by atoms with Gasteiger partial charge in [0.05, 0.1) is 12.2 Å². The second kappa shape index (κ2) is 4.96. The van der Waals surface area contributed by atoms with Gasteiger partial charge in [-0.2, -0.15) is 0 Å². The van der Waals surface area contributed by atoms with Crippen LogP contribution >= 0.6 is 0 Å². The van der Waals surface area contributed by atoms with E-state index in [1.807, 2.05) is 12.1 Å². The Hall–Kier alpha value is -2.21. The molecule has 6 nitrogen and oxygen atoms in total. The predicted molar refractivity (Wildman–Crippen MR) is 77.0 cm³/mol. The molecular weight excluding hydrogens is 266 g/mol. The number of nitrogens with zero attached hydrogens (tertiary/aromatic N) is 3. The lowest BCUT2D eigenvalue weighted by Crippen LogP contribution is -2.43. The predicted octanol–water partition coefficient (Wildman–Crippen LogP) is 0.320. The van der Waals surface area contributed by atoms with E-state index in [0.717, 1.165) is 25.9 Å². The van der Waals surface area contributed by atoms with Gasteiger partial charge in [0, 0.05) is 19.1 Å². The maximum atomic E-state index is 12.3. The third kappa shape index (κ3) is 2.31. The summed E-state index contributed by atoms with van der Waals surface area (Å²) in [7, 11) is 0. The van der Waals surface area contributed by atoms with E-state index in [0.29, 0.717) is 11.7 Å². The number of rotatable bonds is 3. The first-order valence-corrected chi connectivity index (χ1v) is 7.30. The number of fused-ring (bicyclic) bond motifs is 1. The molecular formula is C15H17N5O. The van der Waals surface area contributed by atoms with Gasteiger partial charge < -0.3 is 10.6 Å². The second-order valence-corrected chi connectivity index (χ2v) is 5.74. The summed E-state index contributed by atoms with van der Waals surface area (Å²) in [6, 6.07) is 8.82. The number of aromatic nitrogens is 3. The van der Waals surface area contributed by atoms with Crippen molar-refractivity contribution in [2.45, 2.75) is 24.9 Å². The van der Waals surface area contributed by atoms with Crippen LogP contribution in [0.3, 0.4) is 0 Å². The van der Waals surface area contributed by atoms with Crippen molar-refractivity contribution in [2.75, 3.05) is 13.1 Å². The summed E-state index contributed by atoms with van der Waals surface area (Å²) in [6.45, 7) is 1.78. The van der Waals surface area contributed by atoms with Crippen molar-refractivity contribution in [3.8, 4) is 0 Å². The molecule has 0 unspecified atom stereocenters. The third-order valence-corrected chi connectivity index (χ3v) is 4.26. The molecule has 1 aliphatic heterocycles. The number of carbonyl (C=O) groups is 1. The molecule has 1 aliphatic carbocycles. The van der Waals surface area contributed by atoms with Crippen molar-refractivity contribution >= 4 is 5.91 Å². The number of carbonyl (C=O) groups excluding carboxylic acids is 1. The van der Waals surface area contributed by atoms with E-state index < -0.39 is 0 Å². The number of hydrogen-bond donors (Lipinski definition) is 2. The molecule has 2 N–H and O–H groups in total. The molecule has 0 radical (unpaired) electrons. The summed E-state index contributed by atoms with van der Waals surface area (Å²) in [4.78, 5) is 12.3. The molecule has 1 fully saturated rings. The van der Waals surface area contributed by atoms with Gasteiger partial charge in [-0.3, -0.25) is 4.79 Å². The Morgan fingerprint density at radius 1 is 1.24 bits per heavy atom. The highest BCUT2D eigenvalue weighted by Gasteiger charge is 2.25. The minimum absolute atomic E-state index is 0.133. The van der Waals surface area contributed by atoms with Gasteiger partial charge in [-0.15, -0.1) is 5.10 Å². The fourth-order valence-electron chi connectivity index (χ4n) is 2.94. The summed E-state index contributed by atoms with van der Waals surface area (Å²) in [6.07, 6.45) is 3.52. The lowest BCUT2D eigenvalue weighted by molar-refractivity contribution is 0.0933. The molecule has 1 aromatic carbocycles. The molecule has 1 saturated heterocycles. The zero-order chi connectivity index (χ0) is 14.2. The van der Waals surface area contributed by atoms with Gasteiger partial charge in [0.25, 0.3) is 5.91 Å². The van der Waals surface area contributed by atoms with Gasteiger partial charge in [-0.1, -0.05) is 29.5 Å². The lowest BCUT2D eigenvalue weighted by Gasteiger charge is -2.26. The summed E-state index contributed by atoms with van der Waals surface area (Å²) in [5, 5.41) is 14.3. The van der Waals surface area contributed by atoms with Gasteiger partial charge in [0.2, 0.25) is 0 Å². The molecule has 1 amide bonds. The van der Waals surface area contributed by atoms with Gasteiger partial charge in [0.15, 0.2) is 5.69 Å². The summed E-state index contributed by atoms with van der Waals surface area (Å²) in [5.41, 5.74) is 3.05. The monoisotopic (exact) mass is 283 g/mol. The molecule has 4 rings (SSSR count). The summed E-state index contributed by atoms with van der Waals surface area (Å²) < 4.78 is 1.77. The van der Waals surface area contributed by atoms with Crippen molar-refractivity contribution in [1.29, 1.82) is 0 Å². The van der Waals surface area contributed by atoms with E-state index in [4.69, 9.17) is 0 Å². The molecule has 2 heterocycles. The Labute approximate surface area is 122 Å². The van der Waals surface area contributed by atoms with E-state index in [-0.39, 0.29) is 11.9 Å². The van der Waals surface area contributed by atoms with Crippen molar-refractivity contribution in [2.24, 2.45) is 0 Å². The van der Waals surface area contributed by atoms with Gasteiger partial charge in [-0.25, -0.2) is 4.68 Å². The average molecular weight is 283 g/mol. The highest BCUT2D eigenvalue weighted by atomic mass is 16.2. The van der Waals surface area contributed by atoms with Crippen LogP contribution in [0.5, 0.6) is 0 Å². The van der Waals surface area contributed by atoms with Crippen LogP contribution in [0.1, 0.15) is 27.7 Å². The Morgan fingerprint density at radius 2 is 1.95 bits per heavy atom. The summed E-state index contributed by atoms with van der Waals surface area (Å²) in [5.74, 6) is -0.133. The number of benzene rings is 1. The van der Waals surface area contributed by atoms with E-state index >= 15 is 0 Å². The zero-order valence-electron chi connectivity index (χ0n) is 11.6. The molecule has 21 heavy (non-hydrogen) atoms. The van der Waals surface area contributed by atoms with E-state index in [1.54, 1.807) is 10.9 Å². The van der Waals surface area contributed by atoms with Crippen LogP contribution in [0.15, 0.2) is 30.5 Å². The maximum Gasteiger partial charge on any atom is 0.273 e. The quantitative estimate of drug-likeness (QED) is 0.851. The number of amides is 1. The molecule has 0 atom stereocenters. The molecule has 1 aromatic heterocycles. The number of nitrogens with one attached hydrogen (secondary N) is 2. The largest absolute Gasteiger partial charge is 0.347 e.